The Bertz CT molecular complexity index is 199. The summed E-state index contributed by atoms with van der Waals surface area (Å²) in [6.07, 6.45) is 4.80. The van der Waals surface area contributed by atoms with Gasteiger partial charge >= 0.3 is 0 Å². The van der Waals surface area contributed by atoms with Gasteiger partial charge in [0.1, 0.15) is 0 Å². The molecule has 0 aromatic carbocycles. The molecule has 2 heterocycles. The molecule has 1 aliphatic carbocycles. The van der Waals surface area contributed by atoms with E-state index >= 15 is 0 Å². The second-order valence-electron chi connectivity index (χ2n) is 3.15. The van der Waals surface area contributed by atoms with Crippen molar-refractivity contribution < 1.29 is 0 Å². The number of rotatable bonds is 0. The summed E-state index contributed by atoms with van der Waals surface area (Å²) in [6.45, 7) is 2.36. The van der Waals surface area contributed by atoms with Crippen LogP contribution in [-0.2, 0) is 0 Å². The third-order valence-electron chi connectivity index (χ3n) is 2.37. The van der Waals surface area contributed by atoms with Crippen molar-refractivity contribution in [3.63, 3.8) is 0 Å². The molecule has 0 spiro atoms. The van der Waals surface area contributed by atoms with Gasteiger partial charge in [0.2, 0.25) is 0 Å². The molecule has 2 saturated heterocycles. The molecule has 0 bridgehead atoms. The van der Waals surface area contributed by atoms with Gasteiger partial charge in [0.15, 0.2) is 0 Å². The van der Waals surface area contributed by atoms with Crippen LogP contribution in [0.5, 0.6) is 0 Å². The van der Waals surface area contributed by atoms with Crippen LogP contribution < -0.4 is 0 Å². The fraction of sp³-hybridized carbons (Fsp3) is 0.714. The minimum Gasteiger partial charge on any atom is -0.147 e. The smallest absolute Gasteiger partial charge is 0.0445 e. The molecular weight excluding hydrogens is 148 g/mol. The second kappa shape index (κ2) is 1.24. The van der Waals surface area contributed by atoms with E-state index in [0.717, 1.165) is 15.7 Å². The molecule has 0 saturated carbocycles. The van der Waals surface area contributed by atoms with Gasteiger partial charge in [-0.25, -0.2) is 0 Å². The Morgan fingerprint density at radius 1 is 1.56 bits per heavy atom. The van der Waals surface area contributed by atoms with Crippen LogP contribution in [0, 0.1) is 0 Å². The fourth-order valence-electron chi connectivity index (χ4n) is 1.59. The molecule has 0 aromatic heterocycles. The van der Waals surface area contributed by atoms with Crippen LogP contribution >= 0.6 is 23.5 Å². The molecule has 2 fully saturated rings. The van der Waals surface area contributed by atoms with Crippen molar-refractivity contribution in [2.75, 3.05) is 0 Å². The van der Waals surface area contributed by atoms with Gasteiger partial charge in [-0.3, -0.25) is 0 Å². The van der Waals surface area contributed by atoms with E-state index in [1.807, 2.05) is 0 Å². The van der Waals surface area contributed by atoms with Gasteiger partial charge in [0.05, 0.1) is 0 Å². The van der Waals surface area contributed by atoms with Crippen molar-refractivity contribution in [3.05, 3.63) is 12.2 Å². The zero-order chi connectivity index (χ0) is 6.06. The van der Waals surface area contributed by atoms with E-state index in [1.54, 1.807) is 0 Å². The van der Waals surface area contributed by atoms with E-state index in [0.29, 0.717) is 4.75 Å². The molecule has 2 aliphatic heterocycles. The Kier molecular flexibility index (Phi) is 0.706. The maximum absolute atomic E-state index is 2.41. The molecule has 0 nitrogen and oxygen atoms in total. The highest BCUT2D eigenvalue weighted by Crippen LogP contribution is 2.68. The predicted molar refractivity (Wildman–Crippen MR) is 44.1 cm³/mol. The SMILES string of the molecule is CC12C=CC3SC3C1S2. The largest absolute Gasteiger partial charge is 0.147 e. The molecule has 2 heteroatoms. The van der Waals surface area contributed by atoms with Gasteiger partial charge in [0, 0.05) is 20.5 Å². The van der Waals surface area contributed by atoms with Crippen LogP contribution in [0.4, 0.5) is 0 Å². The van der Waals surface area contributed by atoms with Gasteiger partial charge in [-0.05, 0) is 6.92 Å². The maximum atomic E-state index is 2.41. The molecule has 0 N–H and O–H groups in total. The van der Waals surface area contributed by atoms with Crippen LogP contribution in [0.2, 0.25) is 0 Å². The Morgan fingerprint density at radius 3 is 3.22 bits per heavy atom. The Hall–Kier alpha value is 0.440. The van der Waals surface area contributed by atoms with Crippen LogP contribution in [0.25, 0.3) is 0 Å². The van der Waals surface area contributed by atoms with Crippen LogP contribution in [0.15, 0.2) is 12.2 Å². The summed E-state index contributed by atoms with van der Waals surface area (Å²) in [7, 11) is 0. The number of hydrogen-bond donors (Lipinski definition) is 0. The first kappa shape index (κ1) is 5.14. The maximum Gasteiger partial charge on any atom is 0.0445 e. The van der Waals surface area contributed by atoms with Crippen molar-refractivity contribution in [3.8, 4) is 0 Å². The summed E-state index contributed by atoms with van der Waals surface area (Å²) in [5.41, 5.74) is 0. The van der Waals surface area contributed by atoms with Crippen molar-refractivity contribution in [1.82, 2.24) is 0 Å². The quantitative estimate of drug-likeness (QED) is 0.388. The van der Waals surface area contributed by atoms with Crippen molar-refractivity contribution in [2.45, 2.75) is 27.4 Å². The minimum absolute atomic E-state index is 0.574. The summed E-state index contributed by atoms with van der Waals surface area (Å²) in [5, 5.41) is 2.90. The summed E-state index contributed by atoms with van der Waals surface area (Å²) in [5.74, 6) is 0. The molecule has 3 rings (SSSR count). The predicted octanol–water partition coefficient (Wildman–Crippen LogP) is 1.91. The first-order valence-corrected chi connectivity index (χ1v) is 5.14. The summed E-state index contributed by atoms with van der Waals surface area (Å²) < 4.78 is 0.574. The summed E-state index contributed by atoms with van der Waals surface area (Å²) >= 11 is 4.28. The standard InChI is InChI=1S/C7H8S2/c1-7-3-2-4-5(8-4)6(7)9-7/h2-6H,1H3. The molecule has 9 heavy (non-hydrogen) atoms. The van der Waals surface area contributed by atoms with Crippen molar-refractivity contribution in [2.24, 2.45) is 0 Å². The van der Waals surface area contributed by atoms with Crippen LogP contribution in [0.3, 0.4) is 0 Å². The fourth-order valence-corrected chi connectivity index (χ4v) is 4.41. The lowest BCUT2D eigenvalue weighted by atomic mass is 9.98. The van der Waals surface area contributed by atoms with Gasteiger partial charge in [0.25, 0.3) is 0 Å². The minimum atomic E-state index is 0.574. The molecule has 48 valence electrons. The zero-order valence-corrected chi connectivity index (χ0v) is 6.84. The molecule has 4 unspecified atom stereocenters. The second-order valence-corrected chi connectivity index (χ2v) is 6.13. The van der Waals surface area contributed by atoms with Gasteiger partial charge in [-0.2, -0.15) is 0 Å². The normalized spacial score (nSPS) is 66.6. The molecule has 0 radical (unpaired) electrons. The van der Waals surface area contributed by atoms with Crippen LogP contribution in [-0.4, -0.2) is 20.5 Å². The van der Waals surface area contributed by atoms with E-state index in [2.05, 4.69) is 42.6 Å². The topological polar surface area (TPSA) is 0 Å². The molecule has 0 aromatic rings. The highest BCUT2D eigenvalue weighted by molar-refractivity contribution is 8.13. The van der Waals surface area contributed by atoms with E-state index in [9.17, 15) is 0 Å². The Labute approximate surface area is 63.5 Å². The van der Waals surface area contributed by atoms with Gasteiger partial charge < -0.3 is 0 Å². The molecular formula is C7H8S2. The van der Waals surface area contributed by atoms with E-state index < -0.39 is 0 Å². The number of hydrogen-bond acceptors (Lipinski definition) is 2. The van der Waals surface area contributed by atoms with E-state index in [4.69, 9.17) is 0 Å². The van der Waals surface area contributed by atoms with Gasteiger partial charge in [-0.1, -0.05) is 12.2 Å². The first-order valence-electron chi connectivity index (χ1n) is 3.32. The third kappa shape index (κ3) is 0.541. The zero-order valence-electron chi connectivity index (χ0n) is 5.20. The van der Waals surface area contributed by atoms with E-state index in [-0.39, 0.29) is 0 Å². The average molecular weight is 156 g/mol. The van der Waals surface area contributed by atoms with E-state index in [1.165, 1.54) is 0 Å². The highest BCUT2D eigenvalue weighted by Gasteiger charge is 2.63. The van der Waals surface area contributed by atoms with Crippen molar-refractivity contribution in [1.29, 1.82) is 0 Å². The third-order valence-corrected chi connectivity index (χ3v) is 5.55. The molecule has 3 aliphatic rings. The lowest BCUT2D eigenvalue weighted by molar-refractivity contribution is 0.791. The van der Waals surface area contributed by atoms with Crippen molar-refractivity contribution >= 4 is 23.5 Å². The molecule has 4 atom stereocenters. The first-order chi connectivity index (χ1) is 4.30. The highest BCUT2D eigenvalue weighted by atomic mass is 32.2. The number of fused-ring (bicyclic) bond motifs is 3. The Morgan fingerprint density at radius 2 is 2.44 bits per heavy atom. The van der Waals surface area contributed by atoms with Crippen LogP contribution in [0.1, 0.15) is 6.92 Å². The lowest BCUT2D eigenvalue weighted by Gasteiger charge is -2.03. The molecule has 0 amide bonds. The monoisotopic (exact) mass is 156 g/mol. The van der Waals surface area contributed by atoms with Gasteiger partial charge in [-0.15, -0.1) is 23.5 Å². The lowest BCUT2D eigenvalue weighted by Crippen LogP contribution is -2.15. The summed E-state index contributed by atoms with van der Waals surface area (Å²) in [4.78, 5) is 0. The Balaban J connectivity index is 2.04. The summed E-state index contributed by atoms with van der Waals surface area (Å²) in [6, 6.07) is 0. The average Bonchev–Trinajstić information content (AvgIpc) is 2.52. The number of thioether (sulfide) groups is 2.